The highest BCUT2D eigenvalue weighted by Crippen LogP contribution is 2.02. The van der Waals surface area contributed by atoms with Crippen molar-refractivity contribution in [3.8, 4) is 0 Å². The molecule has 0 aromatic heterocycles. The number of amides is 1. The summed E-state index contributed by atoms with van der Waals surface area (Å²) in [6.45, 7) is -0.577. The average molecular weight is 234 g/mol. The van der Waals surface area contributed by atoms with Gasteiger partial charge in [0, 0.05) is 20.5 Å². The number of hydrogen-bond acceptors (Lipinski definition) is 5. The van der Waals surface area contributed by atoms with E-state index in [1.165, 1.54) is 4.90 Å². The van der Waals surface area contributed by atoms with Crippen molar-refractivity contribution >= 4 is 5.91 Å². The number of carbonyl (C=O) groups is 1. The van der Waals surface area contributed by atoms with Crippen LogP contribution in [0, 0.1) is 0 Å². The molecule has 16 heavy (non-hydrogen) atoms. The maximum Gasteiger partial charge on any atom is 0.222 e. The summed E-state index contributed by atoms with van der Waals surface area (Å²) >= 11 is 0. The SMILES string of the molecule is CN(C)C(=O)CCCNC(CO)(CO)CO. The Morgan fingerprint density at radius 1 is 1.19 bits per heavy atom. The molecule has 0 aliphatic rings. The average Bonchev–Trinajstić information content (AvgIpc) is 2.30. The van der Waals surface area contributed by atoms with Crippen LogP contribution < -0.4 is 5.32 Å². The third kappa shape index (κ3) is 4.89. The summed E-state index contributed by atoms with van der Waals surface area (Å²) in [6, 6.07) is 0. The lowest BCUT2D eigenvalue weighted by Crippen LogP contribution is -2.55. The molecule has 0 bridgehead atoms. The first-order valence-electron chi connectivity index (χ1n) is 5.29. The first-order chi connectivity index (χ1) is 7.51. The maximum atomic E-state index is 11.2. The van der Waals surface area contributed by atoms with Crippen molar-refractivity contribution in [3.63, 3.8) is 0 Å². The molecule has 6 nitrogen and oxygen atoms in total. The lowest BCUT2D eigenvalue weighted by molar-refractivity contribution is -0.128. The molecule has 1 amide bonds. The van der Waals surface area contributed by atoms with E-state index in [4.69, 9.17) is 15.3 Å². The van der Waals surface area contributed by atoms with Crippen molar-refractivity contribution in [2.75, 3.05) is 40.5 Å². The van der Waals surface area contributed by atoms with E-state index < -0.39 is 5.54 Å². The summed E-state index contributed by atoms with van der Waals surface area (Å²) in [5.74, 6) is 0.0318. The van der Waals surface area contributed by atoms with Crippen molar-refractivity contribution < 1.29 is 20.1 Å². The fraction of sp³-hybridized carbons (Fsp3) is 0.900. The summed E-state index contributed by atoms with van der Waals surface area (Å²) in [7, 11) is 3.38. The van der Waals surface area contributed by atoms with E-state index in [0.29, 0.717) is 19.4 Å². The first kappa shape index (κ1) is 15.3. The van der Waals surface area contributed by atoms with E-state index in [0.717, 1.165) is 0 Å². The van der Waals surface area contributed by atoms with Gasteiger partial charge < -0.3 is 25.5 Å². The van der Waals surface area contributed by atoms with Crippen LogP contribution in [0.2, 0.25) is 0 Å². The second kappa shape index (κ2) is 7.56. The van der Waals surface area contributed by atoms with Crippen LogP contribution in [0.1, 0.15) is 12.8 Å². The molecule has 0 saturated heterocycles. The van der Waals surface area contributed by atoms with Gasteiger partial charge in [-0.2, -0.15) is 0 Å². The van der Waals surface area contributed by atoms with Crippen LogP contribution in [-0.2, 0) is 4.79 Å². The van der Waals surface area contributed by atoms with E-state index in [2.05, 4.69) is 5.32 Å². The normalized spacial score (nSPS) is 11.6. The van der Waals surface area contributed by atoms with Gasteiger partial charge in [-0.3, -0.25) is 4.79 Å². The first-order valence-corrected chi connectivity index (χ1v) is 5.29. The third-order valence-electron chi connectivity index (χ3n) is 2.47. The molecule has 0 fully saturated rings. The molecule has 6 heteroatoms. The quantitative estimate of drug-likeness (QED) is 0.370. The van der Waals surface area contributed by atoms with Gasteiger partial charge >= 0.3 is 0 Å². The Morgan fingerprint density at radius 3 is 2.06 bits per heavy atom. The highest BCUT2D eigenvalue weighted by atomic mass is 16.3. The Kier molecular flexibility index (Phi) is 7.24. The van der Waals surface area contributed by atoms with Gasteiger partial charge in [0.05, 0.1) is 25.4 Å². The van der Waals surface area contributed by atoms with Crippen molar-refractivity contribution in [1.29, 1.82) is 0 Å². The lowest BCUT2D eigenvalue weighted by Gasteiger charge is -2.28. The molecule has 0 heterocycles. The number of rotatable bonds is 8. The Hall–Kier alpha value is -0.690. The van der Waals surface area contributed by atoms with Gasteiger partial charge in [0.25, 0.3) is 0 Å². The number of carbonyl (C=O) groups excluding carboxylic acids is 1. The minimum Gasteiger partial charge on any atom is -0.394 e. The van der Waals surface area contributed by atoms with Gasteiger partial charge in [0.15, 0.2) is 0 Å². The zero-order valence-electron chi connectivity index (χ0n) is 9.94. The van der Waals surface area contributed by atoms with Crippen molar-refractivity contribution in [3.05, 3.63) is 0 Å². The minimum atomic E-state index is -1.05. The largest absolute Gasteiger partial charge is 0.394 e. The molecule has 0 aliphatic carbocycles. The summed E-state index contributed by atoms with van der Waals surface area (Å²) in [6.07, 6.45) is 0.997. The Bertz CT molecular complexity index is 197. The third-order valence-corrected chi connectivity index (χ3v) is 2.47. The maximum absolute atomic E-state index is 11.2. The van der Waals surface area contributed by atoms with Gasteiger partial charge in [-0.05, 0) is 13.0 Å². The summed E-state index contributed by atoms with van der Waals surface area (Å²) in [5.41, 5.74) is -1.05. The number of nitrogens with zero attached hydrogens (tertiary/aromatic N) is 1. The van der Waals surface area contributed by atoms with Gasteiger partial charge in [0.2, 0.25) is 5.91 Å². The number of aliphatic hydroxyl groups excluding tert-OH is 3. The van der Waals surface area contributed by atoms with E-state index in [1.807, 2.05) is 0 Å². The second-order valence-corrected chi connectivity index (χ2v) is 4.07. The molecule has 0 aromatic carbocycles. The van der Waals surface area contributed by atoms with Gasteiger partial charge in [-0.25, -0.2) is 0 Å². The Labute approximate surface area is 95.9 Å². The van der Waals surface area contributed by atoms with Crippen LogP contribution in [0.3, 0.4) is 0 Å². The molecule has 4 N–H and O–H groups in total. The van der Waals surface area contributed by atoms with Crippen LogP contribution in [0.15, 0.2) is 0 Å². The monoisotopic (exact) mass is 234 g/mol. The summed E-state index contributed by atoms with van der Waals surface area (Å²) < 4.78 is 0. The fourth-order valence-corrected chi connectivity index (χ4v) is 1.13. The lowest BCUT2D eigenvalue weighted by atomic mass is 10.0. The number of aliphatic hydroxyl groups is 3. The van der Waals surface area contributed by atoms with Crippen molar-refractivity contribution in [2.45, 2.75) is 18.4 Å². The summed E-state index contributed by atoms with van der Waals surface area (Å²) in [4.78, 5) is 12.7. The van der Waals surface area contributed by atoms with E-state index >= 15 is 0 Å². The number of nitrogens with one attached hydrogen (secondary N) is 1. The van der Waals surface area contributed by atoms with E-state index in [9.17, 15) is 4.79 Å². The molecule has 0 radical (unpaired) electrons. The molecule has 0 unspecified atom stereocenters. The highest BCUT2D eigenvalue weighted by molar-refractivity contribution is 5.75. The van der Waals surface area contributed by atoms with Crippen LogP contribution in [0.4, 0.5) is 0 Å². The molecule has 0 atom stereocenters. The zero-order valence-corrected chi connectivity index (χ0v) is 9.94. The standard InChI is InChI=1S/C10H22N2O4/c1-12(2)9(16)4-3-5-11-10(6-13,7-14)8-15/h11,13-15H,3-8H2,1-2H3. The number of hydrogen-bond donors (Lipinski definition) is 4. The smallest absolute Gasteiger partial charge is 0.222 e. The second-order valence-electron chi connectivity index (χ2n) is 4.07. The molecular weight excluding hydrogens is 212 g/mol. The Balaban J connectivity index is 3.83. The minimum absolute atomic E-state index is 0.0318. The summed E-state index contributed by atoms with van der Waals surface area (Å²) in [5, 5.41) is 29.9. The van der Waals surface area contributed by atoms with Crippen molar-refractivity contribution in [1.82, 2.24) is 10.2 Å². The molecule has 0 aromatic rings. The molecule has 0 aliphatic heterocycles. The van der Waals surface area contributed by atoms with Crippen LogP contribution in [0.5, 0.6) is 0 Å². The molecule has 0 rings (SSSR count). The van der Waals surface area contributed by atoms with Crippen LogP contribution in [0.25, 0.3) is 0 Å². The predicted octanol–water partition coefficient (Wildman–Crippen LogP) is -1.84. The zero-order chi connectivity index (χ0) is 12.6. The topological polar surface area (TPSA) is 93.0 Å². The highest BCUT2D eigenvalue weighted by Gasteiger charge is 2.26. The Morgan fingerprint density at radius 2 is 1.69 bits per heavy atom. The predicted molar refractivity (Wildman–Crippen MR) is 59.9 cm³/mol. The van der Waals surface area contributed by atoms with E-state index in [-0.39, 0.29) is 25.7 Å². The van der Waals surface area contributed by atoms with Crippen LogP contribution >= 0.6 is 0 Å². The fourth-order valence-electron chi connectivity index (χ4n) is 1.13. The van der Waals surface area contributed by atoms with Crippen molar-refractivity contribution in [2.24, 2.45) is 0 Å². The van der Waals surface area contributed by atoms with Gasteiger partial charge in [0.1, 0.15) is 0 Å². The molecule has 96 valence electrons. The molecule has 0 spiro atoms. The van der Waals surface area contributed by atoms with Gasteiger partial charge in [-0.15, -0.1) is 0 Å². The molecular formula is C10H22N2O4. The van der Waals surface area contributed by atoms with Crippen LogP contribution in [-0.4, -0.2) is 72.1 Å². The van der Waals surface area contributed by atoms with Gasteiger partial charge in [-0.1, -0.05) is 0 Å². The van der Waals surface area contributed by atoms with E-state index in [1.54, 1.807) is 14.1 Å². The molecule has 0 saturated carbocycles.